The topological polar surface area (TPSA) is 59.8 Å². The fourth-order valence-corrected chi connectivity index (χ4v) is 4.93. The Morgan fingerprint density at radius 1 is 1.27 bits per heavy atom. The average Bonchev–Trinajstić information content (AvgIpc) is 3.28. The zero-order valence-corrected chi connectivity index (χ0v) is 16.6. The summed E-state index contributed by atoms with van der Waals surface area (Å²) in [6, 6.07) is 9.97. The SMILES string of the molecule is Cc1nn(CC(C)C)c2sc(C(=O)NCc3nc4ccccc4s3)cc12. The van der Waals surface area contributed by atoms with E-state index in [1.807, 2.05) is 41.9 Å². The second-order valence-electron chi connectivity index (χ2n) is 6.75. The molecule has 1 amide bonds. The molecule has 26 heavy (non-hydrogen) atoms. The number of hydrogen-bond acceptors (Lipinski definition) is 5. The Morgan fingerprint density at radius 2 is 2.08 bits per heavy atom. The van der Waals surface area contributed by atoms with Crippen LogP contribution in [0.1, 0.15) is 34.2 Å². The Bertz CT molecular complexity index is 1060. The van der Waals surface area contributed by atoms with Crippen LogP contribution in [-0.2, 0) is 13.1 Å². The number of hydrogen-bond donors (Lipinski definition) is 1. The average molecular weight is 385 g/mol. The standard InChI is InChI=1S/C19H20N4OS2/c1-11(2)10-23-19-13(12(3)22-23)8-16(26-19)18(24)20-9-17-21-14-6-4-5-7-15(14)25-17/h4-8,11H,9-10H2,1-3H3,(H,20,24). The molecule has 3 aromatic heterocycles. The van der Waals surface area contributed by atoms with Crippen LogP contribution >= 0.6 is 22.7 Å². The number of aryl methyl sites for hydroxylation is 1. The van der Waals surface area contributed by atoms with Crippen molar-refractivity contribution in [2.24, 2.45) is 5.92 Å². The van der Waals surface area contributed by atoms with Gasteiger partial charge >= 0.3 is 0 Å². The largest absolute Gasteiger partial charge is 0.345 e. The second-order valence-corrected chi connectivity index (χ2v) is 8.89. The number of para-hydroxylation sites is 1. The van der Waals surface area contributed by atoms with Crippen LogP contribution < -0.4 is 5.32 Å². The molecule has 0 bridgehead atoms. The van der Waals surface area contributed by atoms with Crippen LogP contribution in [0.15, 0.2) is 30.3 Å². The Labute approximate surface area is 159 Å². The first-order chi connectivity index (χ1) is 12.5. The first-order valence-electron chi connectivity index (χ1n) is 8.61. The molecule has 1 aromatic carbocycles. The zero-order valence-electron chi connectivity index (χ0n) is 14.9. The minimum absolute atomic E-state index is 0.0547. The summed E-state index contributed by atoms with van der Waals surface area (Å²) < 4.78 is 3.16. The lowest BCUT2D eigenvalue weighted by molar-refractivity contribution is 0.0955. The lowest BCUT2D eigenvalue weighted by Crippen LogP contribution is -2.21. The number of rotatable bonds is 5. The van der Waals surface area contributed by atoms with Gasteiger partial charge in [0, 0.05) is 11.9 Å². The molecule has 1 N–H and O–H groups in total. The van der Waals surface area contributed by atoms with Gasteiger partial charge in [-0.05, 0) is 31.0 Å². The van der Waals surface area contributed by atoms with Crippen LogP contribution in [0.25, 0.3) is 20.4 Å². The quantitative estimate of drug-likeness (QED) is 0.547. The van der Waals surface area contributed by atoms with Crippen molar-refractivity contribution in [3.8, 4) is 0 Å². The van der Waals surface area contributed by atoms with Crippen molar-refractivity contribution in [1.29, 1.82) is 0 Å². The molecule has 0 radical (unpaired) electrons. The summed E-state index contributed by atoms with van der Waals surface area (Å²) in [5, 5.41) is 9.58. The van der Waals surface area contributed by atoms with Gasteiger partial charge < -0.3 is 5.32 Å². The summed E-state index contributed by atoms with van der Waals surface area (Å²) in [6.07, 6.45) is 0. The number of carbonyl (C=O) groups is 1. The molecule has 0 aliphatic rings. The van der Waals surface area contributed by atoms with Crippen molar-refractivity contribution in [1.82, 2.24) is 20.1 Å². The maximum Gasteiger partial charge on any atom is 0.261 e. The predicted octanol–water partition coefficient (Wildman–Crippen LogP) is 4.60. The number of amides is 1. The summed E-state index contributed by atoms with van der Waals surface area (Å²) in [5.74, 6) is 0.455. The third-order valence-corrected chi connectivity index (χ3v) is 6.29. The molecule has 0 aliphatic carbocycles. The van der Waals surface area contributed by atoms with Gasteiger partial charge in [0.2, 0.25) is 0 Å². The number of thiazole rings is 1. The Hall–Kier alpha value is -2.25. The van der Waals surface area contributed by atoms with E-state index in [0.717, 1.165) is 42.6 Å². The van der Waals surface area contributed by atoms with E-state index in [1.165, 1.54) is 11.3 Å². The number of thiophene rings is 1. The number of carbonyl (C=O) groups excluding carboxylic acids is 1. The molecule has 134 valence electrons. The van der Waals surface area contributed by atoms with Crippen LogP contribution in [0.2, 0.25) is 0 Å². The fraction of sp³-hybridized carbons (Fsp3) is 0.316. The molecule has 3 heterocycles. The summed E-state index contributed by atoms with van der Waals surface area (Å²) in [7, 11) is 0. The molecular weight excluding hydrogens is 364 g/mol. The molecule has 4 rings (SSSR count). The fourth-order valence-electron chi connectivity index (χ4n) is 2.93. The monoisotopic (exact) mass is 384 g/mol. The van der Waals surface area contributed by atoms with Gasteiger partial charge in [0.1, 0.15) is 9.84 Å². The Balaban J connectivity index is 1.52. The highest BCUT2D eigenvalue weighted by Crippen LogP contribution is 2.29. The van der Waals surface area contributed by atoms with Crippen LogP contribution in [-0.4, -0.2) is 20.7 Å². The summed E-state index contributed by atoms with van der Waals surface area (Å²) in [5.41, 5.74) is 1.95. The van der Waals surface area contributed by atoms with E-state index in [1.54, 1.807) is 11.3 Å². The molecule has 5 nitrogen and oxygen atoms in total. The van der Waals surface area contributed by atoms with Crippen LogP contribution in [0.4, 0.5) is 0 Å². The number of aromatic nitrogens is 3. The molecule has 0 saturated carbocycles. The van der Waals surface area contributed by atoms with Crippen molar-refractivity contribution < 1.29 is 4.79 Å². The van der Waals surface area contributed by atoms with Gasteiger partial charge in [0.15, 0.2) is 0 Å². The van der Waals surface area contributed by atoms with Crippen LogP contribution in [0.3, 0.4) is 0 Å². The Morgan fingerprint density at radius 3 is 2.85 bits per heavy atom. The van der Waals surface area contributed by atoms with Gasteiger partial charge in [-0.1, -0.05) is 26.0 Å². The van der Waals surface area contributed by atoms with Crippen molar-refractivity contribution >= 4 is 49.0 Å². The van der Waals surface area contributed by atoms with Crippen molar-refractivity contribution in [3.05, 3.63) is 45.9 Å². The van der Waals surface area contributed by atoms with E-state index < -0.39 is 0 Å². The first-order valence-corrected chi connectivity index (χ1v) is 10.2. The molecule has 4 aromatic rings. The van der Waals surface area contributed by atoms with E-state index in [9.17, 15) is 4.79 Å². The predicted molar refractivity (Wildman–Crippen MR) is 108 cm³/mol. The Kier molecular flexibility index (Phi) is 4.50. The summed E-state index contributed by atoms with van der Waals surface area (Å²) >= 11 is 3.12. The van der Waals surface area contributed by atoms with Crippen LogP contribution in [0, 0.1) is 12.8 Å². The van der Waals surface area contributed by atoms with Gasteiger partial charge in [0.25, 0.3) is 5.91 Å². The highest BCUT2D eigenvalue weighted by molar-refractivity contribution is 7.20. The van der Waals surface area contributed by atoms with E-state index >= 15 is 0 Å². The van der Waals surface area contributed by atoms with Crippen molar-refractivity contribution in [2.45, 2.75) is 33.9 Å². The third-order valence-electron chi connectivity index (χ3n) is 4.11. The molecule has 0 saturated heterocycles. The maximum absolute atomic E-state index is 12.6. The lowest BCUT2D eigenvalue weighted by Gasteiger charge is -2.05. The zero-order chi connectivity index (χ0) is 18.3. The number of fused-ring (bicyclic) bond motifs is 2. The molecule has 0 aliphatic heterocycles. The molecule has 0 spiro atoms. The molecule has 0 fully saturated rings. The summed E-state index contributed by atoms with van der Waals surface area (Å²) in [4.78, 5) is 18.9. The van der Waals surface area contributed by atoms with Gasteiger partial charge in [-0.3, -0.25) is 9.48 Å². The van der Waals surface area contributed by atoms with Gasteiger partial charge in [-0.2, -0.15) is 5.10 Å². The normalized spacial score (nSPS) is 11.7. The first kappa shape index (κ1) is 17.2. The van der Waals surface area contributed by atoms with E-state index in [4.69, 9.17) is 0 Å². The molecular formula is C19H20N4OS2. The third kappa shape index (κ3) is 3.24. The van der Waals surface area contributed by atoms with Crippen LogP contribution in [0.5, 0.6) is 0 Å². The summed E-state index contributed by atoms with van der Waals surface area (Å²) in [6.45, 7) is 7.64. The van der Waals surface area contributed by atoms with E-state index in [2.05, 4.69) is 29.2 Å². The minimum Gasteiger partial charge on any atom is -0.345 e. The smallest absolute Gasteiger partial charge is 0.261 e. The highest BCUT2D eigenvalue weighted by atomic mass is 32.1. The molecule has 0 atom stereocenters. The van der Waals surface area contributed by atoms with E-state index in [0.29, 0.717) is 12.5 Å². The van der Waals surface area contributed by atoms with Gasteiger partial charge in [-0.25, -0.2) is 4.98 Å². The maximum atomic E-state index is 12.6. The molecule has 7 heteroatoms. The van der Waals surface area contributed by atoms with E-state index in [-0.39, 0.29) is 5.91 Å². The number of nitrogens with zero attached hydrogens (tertiary/aromatic N) is 3. The number of nitrogens with one attached hydrogen (secondary N) is 1. The van der Waals surface area contributed by atoms with Gasteiger partial charge in [0.05, 0.1) is 27.3 Å². The lowest BCUT2D eigenvalue weighted by atomic mass is 10.2. The number of benzene rings is 1. The second kappa shape index (κ2) is 6.81. The minimum atomic E-state index is -0.0547. The van der Waals surface area contributed by atoms with Crippen molar-refractivity contribution in [3.63, 3.8) is 0 Å². The van der Waals surface area contributed by atoms with Crippen molar-refractivity contribution in [2.75, 3.05) is 0 Å². The molecule has 0 unspecified atom stereocenters. The highest BCUT2D eigenvalue weighted by Gasteiger charge is 2.17. The van der Waals surface area contributed by atoms with Gasteiger partial charge in [-0.15, -0.1) is 22.7 Å².